The van der Waals surface area contributed by atoms with Crippen molar-refractivity contribution in [1.82, 2.24) is 5.32 Å². The van der Waals surface area contributed by atoms with Gasteiger partial charge in [0.15, 0.2) is 0 Å². The van der Waals surface area contributed by atoms with Gasteiger partial charge < -0.3 is 5.32 Å². The fourth-order valence-electron chi connectivity index (χ4n) is 2.07. The van der Waals surface area contributed by atoms with Crippen molar-refractivity contribution < 1.29 is 14.1 Å². The molecule has 1 fully saturated rings. The number of carbonyl (C=O) groups is 1. The molecule has 1 aromatic carbocycles. The van der Waals surface area contributed by atoms with Crippen LogP contribution in [0.15, 0.2) is 18.2 Å². The fraction of sp³-hybridized carbons (Fsp3) is 0.462. The number of nitro groups is 1. The molecule has 0 spiro atoms. The molecule has 0 bridgehead atoms. The zero-order chi connectivity index (χ0) is 14.8. The second-order valence-corrected chi connectivity index (χ2v) is 5.45. The van der Waals surface area contributed by atoms with Crippen LogP contribution in [0.2, 0.25) is 0 Å². The Morgan fingerprint density at radius 1 is 1.45 bits per heavy atom. The second-order valence-electron chi connectivity index (χ2n) is 5.08. The van der Waals surface area contributed by atoms with Gasteiger partial charge in [-0.2, -0.15) is 0 Å². The molecule has 1 aromatic rings. The molecule has 2 rings (SSSR count). The standard InChI is InChI=1S/C13H14ClFN2O3/c14-4-3-13(1-2-13)8-16-12(18)9-5-10(15)7-11(6-9)17(19)20/h5-7H,1-4,8H2,(H,16,18). The summed E-state index contributed by atoms with van der Waals surface area (Å²) in [5.41, 5.74) is -0.424. The third-order valence-corrected chi connectivity index (χ3v) is 3.75. The van der Waals surface area contributed by atoms with Gasteiger partial charge in [0.05, 0.1) is 11.0 Å². The van der Waals surface area contributed by atoms with Gasteiger partial charge in [-0.3, -0.25) is 14.9 Å². The van der Waals surface area contributed by atoms with Crippen molar-refractivity contribution in [2.45, 2.75) is 19.3 Å². The summed E-state index contributed by atoms with van der Waals surface area (Å²) in [6.45, 7) is 0.461. The van der Waals surface area contributed by atoms with E-state index in [0.29, 0.717) is 12.4 Å². The van der Waals surface area contributed by atoms with E-state index in [2.05, 4.69) is 5.32 Å². The number of hydrogen-bond donors (Lipinski definition) is 1. The van der Waals surface area contributed by atoms with Gasteiger partial charge >= 0.3 is 0 Å². The van der Waals surface area contributed by atoms with E-state index in [0.717, 1.165) is 37.5 Å². The SMILES string of the molecule is O=C(NCC1(CCCl)CC1)c1cc(F)cc([N+](=O)[O-])c1. The molecular weight excluding hydrogens is 287 g/mol. The average Bonchev–Trinajstić information content (AvgIpc) is 3.16. The van der Waals surface area contributed by atoms with Crippen LogP contribution in [0.5, 0.6) is 0 Å². The molecule has 0 unspecified atom stereocenters. The summed E-state index contributed by atoms with van der Waals surface area (Å²) in [4.78, 5) is 21.8. The normalized spacial score (nSPS) is 15.7. The van der Waals surface area contributed by atoms with Crippen LogP contribution in [0, 0.1) is 21.3 Å². The molecule has 0 heterocycles. The maximum Gasteiger partial charge on any atom is 0.273 e. The topological polar surface area (TPSA) is 72.2 Å². The van der Waals surface area contributed by atoms with Crippen molar-refractivity contribution in [2.75, 3.05) is 12.4 Å². The lowest BCUT2D eigenvalue weighted by Crippen LogP contribution is -2.30. The summed E-state index contributed by atoms with van der Waals surface area (Å²) in [6, 6.07) is 2.84. The first kappa shape index (κ1) is 14.7. The van der Waals surface area contributed by atoms with Crippen LogP contribution in [-0.4, -0.2) is 23.3 Å². The zero-order valence-corrected chi connectivity index (χ0v) is 11.5. The Balaban J connectivity index is 2.04. The molecule has 0 atom stereocenters. The third kappa shape index (κ3) is 3.45. The first-order valence-corrected chi connectivity index (χ1v) is 6.78. The van der Waals surface area contributed by atoms with Gasteiger partial charge in [-0.25, -0.2) is 4.39 Å². The minimum Gasteiger partial charge on any atom is -0.351 e. The first-order valence-electron chi connectivity index (χ1n) is 6.25. The quantitative estimate of drug-likeness (QED) is 0.499. The number of nitrogens with zero attached hydrogens (tertiary/aromatic N) is 1. The number of halogens is 2. The molecule has 1 N–H and O–H groups in total. The molecule has 7 heteroatoms. The monoisotopic (exact) mass is 300 g/mol. The Bertz CT molecular complexity index is 546. The first-order chi connectivity index (χ1) is 9.46. The van der Waals surface area contributed by atoms with E-state index >= 15 is 0 Å². The number of nitrogens with one attached hydrogen (secondary N) is 1. The minimum absolute atomic E-state index is 0.0432. The lowest BCUT2D eigenvalue weighted by Gasteiger charge is -2.14. The Morgan fingerprint density at radius 2 is 2.15 bits per heavy atom. The van der Waals surface area contributed by atoms with Crippen LogP contribution in [-0.2, 0) is 0 Å². The molecule has 0 radical (unpaired) electrons. The molecule has 0 saturated heterocycles. The number of carbonyl (C=O) groups excluding carboxylic acids is 1. The molecular formula is C13H14ClFN2O3. The van der Waals surface area contributed by atoms with Gasteiger partial charge in [-0.05, 0) is 30.7 Å². The Hall–Kier alpha value is -1.69. The van der Waals surface area contributed by atoms with Gasteiger partial charge in [-0.1, -0.05) is 0 Å². The Morgan fingerprint density at radius 3 is 2.70 bits per heavy atom. The fourth-order valence-corrected chi connectivity index (χ4v) is 2.47. The lowest BCUT2D eigenvalue weighted by molar-refractivity contribution is -0.385. The van der Waals surface area contributed by atoms with Crippen molar-refractivity contribution in [2.24, 2.45) is 5.41 Å². The highest BCUT2D eigenvalue weighted by Crippen LogP contribution is 2.48. The number of rotatable bonds is 6. The van der Waals surface area contributed by atoms with Gasteiger partial charge in [0.25, 0.3) is 11.6 Å². The molecule has 20 heavy (non-hydrogen) atoms. The van der Waals surface area contributed by atoms with Gasteiger partial charge in [0.2, 0.25) is 0 Å². The highest BCUT2D eigenvalue weighted by atomic mass is 35.5. The summed E-state index contributed by atoms with van der Waals surface area (Å²) in [7, 11) is 0. The third-order valence-electron chi connectivity index (χ3n) is 3.56. The molecule has 0 aliphatic heterocycles. The minimum atomic E-state index is -0.800. The number of benzene rings is 1. The molecule has 108 valence electrons. The van der Waals surface area contributed by atoms with E-state index in [1.807, 2.05) is 0 Å². The maximum atomic E-state index is 13.3. The van der Waals surface area contributed by atoms with Gasteiger partial charge in [0.1, 0.15) is 5.82 Å². The largest absolute Gasteiger partial charge is 0.351 e. The van der Waals surface area contributed by atoms with E-state index in [4.69, 9.17) is 11.6 Å². The van der Waals surface area contributed by atoms with E-state index in [1.165, 1.54) is 0 Å². The van der Waals surface area contributed by atoms with Crippen LogP contribution in [0.4, 0.5) is 10.1 Å². The molecule has 1 aliphatic rings. The second kappa shape index (κ2) is 5.75. The number of hydrogen-bond acceptors (Lipinski definition) is 3. The Labute approximate surface area is 120 Å². The van der Waals surface area contributed by atoms with Crippen molar-refractivity contribution in [1.29, 1.82) is 0 Å². The number of amides is 1. The van der Waals surface area contributed by atoms with Gasteiger partial charge in [-0.15, -0.1) is 11.6 Å². The highest BCUT2D eigenvalue weighted by molar-refractivity contribution is 6.17. The predicted molar refractivity (Wildman–Crippen MR) is 72.4 cm³/mol. The maximum absolute atomic E-state index is 13.3. The van der Waals surface area contributed by atoms with Gasteiger partial charge in [0, 0.05) is 24.1 Å². The number of alkyl halides is 1. The molecule has 1 saturated carbocycles. The van der Waals surface area contributed by atoms with Crippen LogP contribution < -0.4 is 5.32 Å². The van der Waals surface area contributed by atoms with Crippen LogP contribution in [0.25, 0.3) is 0 Å². The van der Waals surface area contributed by atoms with E-state index in [1.54, 1.807) is 0 Å². The van der Waals surface area contributed by atoms with Crippen LogP contribution in [0.1, 0.15) is 29.6 Å². The predicted octanol–water partition coefficient (Wildman–Crippen LogP) is 2.87. The average molecular weight is 301 g/mol. The molecule has 1 amide bonds. The van der Waals surface area contributed by atoms with E-state index in [-0.39, 0.29) is 11.0 Å². The van der Waals surface area contributed by atoms with E-state index < -0.39 is 22.3 Å². The lowest BCUT2D eigenvalue weighted by atomic mass is 10.0. The smallest absolute Gasteiger partial charge is 0.273 e. The summed E-state index contributed by atoms with van der Waals surface area (Å²) in [5.74, 6) is -0.777. The summed E-state index contributed by atoms with van der Waals surface area (Å²) >= 11 is 5.70. The van der Waals surface area contributed by atoms with Crippen molar-refractivity contribution in [3.05, 3.63) is 39.7 Å². The summed E-state index contributed by atoms with van der Waals surface area (Å²) in [6.07, 6.45) is 2.82. The van der Waals surface area contributed by atoms with Crippen LogP contribution >= 0.6 is 11.6 Å². The van der Waals surface area contributed by atoms with Crippen LogP contribution in [0.3, 0.4) is 0 Å². The summed E-state index contributed by atoms with van der Waals surface area (Å²) < 4.78 is 13.3. The Kier molecular flexibility index (Phi) is 4.23. The zero-order valence-electron chi connectivity index (χ0n) is 10.7. The van der Waals surface area contributed by atoms with E-state index in [9.17, 15) is 19.3 Å². The number of non-ortho nitro benzene ring substituents is 1. The molecule has 5 nitrogen and oxygen atoms in total. The van der Waals surface area contributed by atoms with Crippen molar-refractivity contribution in [3.63, 3.8) is 0 Å². The van der Waals surface area contributed by atoms with Crippen molar-refractivity contribution in [3.8, 4) is 0 Å². The highest BCUT2D eigenvalue weighted by Gasteiger charge is 2.41. The molecule has 0 aromatic heterocycles. The van der Waals surface area contributed by atoms with Crippen molar-refractivity contribution >= 4 is 23.2 Å². The number of nitro benzene ring substituents is 1. The molecule has 1 aliphatic carbocycles. The summed E-state index contributed by atoms with van der Waals surface area (Å²) in [5, 5.41) is 13.3.